The first-order chi connectivity index (χ1) is 6.84. The minimum absolute atomic E-state index is 0.0665. The molecule has 1 amide bonds. The Balaban J connectivity index is 3.96. The molecule has 0 saturated carbocycles. The third-order valence-electron chi connectivity index (χ3n) is 2.41. The van der Waals surface area contributed by atoms with Crippen molar-refractivity contribution in [2.45, 2.75) is 53.2 Å². The molecule has 0 saturated heterocycles. The Kier molecular flexibility index (Phi) is 6.57. The summed E-state index contributed by atoms with van der Waals surface area (Å²) in [5.74, 6) is 0.679. The van der Waals surface area contributed by atoms with E-state index in [0.717, 1.165) is 6.42 Å². The summed E-state index contributed by atoms with van der Waals surface area (Å²) in [6, 6.07) is 0.285. The van der Waals surface area contributed by atoms with E-state index in [4.69, 9.17) is 4.74 Å². The van der Waals surface area contributed by atoms with Crippen LogP contribution in [0.4, 0.5) is 0 Å². The van der Waals surface area contributed by atoms with Crippen molar-refractivity contribution in [2.24, 2.45) is 5.92 Å². The summed E-state index contributed by atoms with van der Waals surface area (Å²) in [5.41, 5.74) is 0. The summed E-state index contributed by atoms with van der Waals surface area (Å²) in [6.45, 7) is 10.5. The molecule has 0 bridgehead atoms. The maximum atomic E-state index is 11.7. The molecule has 0 aromatic heterocycles. The van der Waals surface area contributed by atoms with Gasteiger partial charge in [-0.1, -0.05) is 13.8 Å². The zero-order chi connectivity index (χ0) is 12.0. The second-order valence-corrected chi connectivity index (χ2v) is 4.84. The van der Waals surface area contributed by atoms with Crippen molar-refractivity contribution in [1.82, 2.24) is 4.90 Å². The van der Waals surface area contributed by atoms with Crippen LogP contribution in [0, 0.1) is 5.92 Å². The zero-order valence-electron chi connectivity index (χ0n) is 10.9. The molecular formula is C12H25NO2. The average Bonchev–Trinajstić information content (AvgIpc) is 2.11. The molecule has 0 aliphatic carbocycles. The summed E-state index contributed by atoms with van der Waals surface area (Å²) in [4.78, 5) is 13.5. The van der Waals surface area contributed by atoms with Crippen molar-refractivity contribution >= 4 is 5.91 Å². The van der Waals surface area contributed by atoms with E-state index >= 15 is 0 Å². The van der Waals surface area contributed by atoms with Crippen LogP contribution < -0.4 is 0 Å². The molecule has 0 N–H and O–H groups in total. The molecule has 0 aliphatic rings. The number of carbonyl (C=O) groups is 1. The van der Waals surface area contributed by atoms with Gasteiger partial charge in [-0.05, 0) is 33.1 Å². The number of carbonyl (C=O) groups excluding carboxylic acids is 1. The van der Waals surface area contributed by atoms with Crippen LogP contribution in [0.3, 0.4) is 0 Å². The van der Waals surface area contributed by atoms with Gasteiger partial charge in [0.15, 0.2) is 0 Å². The van der Waals surface area contributed by atoms with Crippen molar-refractivity contribution in [3.63, 3.8) is 0 Å². The molecule has 3 heteroatoms. The number of rotatable bonds is 6. The first-order valence-corrected chi connectivity index (χ1v) is 5.71. The molecule has 0 aromatic carbocycles. The molecular weight excluding hydrogens is 190 g/mol. The normalized spacial score (nSPS) is 13.3. The molecule has 0 rings (SSSR count). The van der Waals surface area contributed by atoms with Crippen LogP contribution in [0.25, 0.3) is 0 Å². The standard InChI is InChI=1S/C12H25NO2/c1-9(2)7-11(5)13(6)12(14)8-15-10(3)4/h9-11H,7-8H2,1-6H3. The van der Waals surface area contributed by atoms with Crippen molar-refractivity contribution in [1.29, 1.82) is 0 Å². The van der Waals surface area contributed by atoms with Gasteiger partial charge >= 0.3 is 0 Å². The lowest BCUT2D eigenvalue weighted by Gasteiger charge is -2.26. The fourth-order valence-corrected chi connectivity index (χ4v) is 1.43. The summed E-state index contributed by atoms with van der Waals surface area (Å²) in [5, 5.41) is 0. The van der Waals surface area contributed by atoms with Crippen LogP contribution in [-0.2, 0) is 9.53 Å². The van der Waals surface area contributed by atoms with Gasteiger partial charge in [-0.2, -0.15) is 0 Å². The number of amides is 1. The minimum Gasteiger partial charge on any atom is -0.369 e. The van der Waals surface area contributed by atoms with Gasteiger partial charge in [-0.15, -0.1) is 0 Å². The van der Waals surface area contributed by atoms with Crippen LogP contribution in [-0.4, -0.2) is 36.6 Å². The van der Waals surface area contributed by atoms with Crippen LogP contribution in [0.1, 0.15) is 41.0 Å². The average molecular weight is 215 g/mol. The molecule has 1 atom stereocenters. The Hall–Kier alpha value is -0.570. The van der Waals surface area contributed by atoms with E-state index in [1.807, 2.05) is 20.9 Å². The fraction of sp³-hybridized carbons (Fsp3) is 0.917. The monoisotopic (exact) mass is 215 g/mol. The van der Waals surface area contributed by atoms with Gasteiger partial charge in [-0.25, -0.2) is 0 Å². The van der Waals surface area contributed by atoms with E-state index in [9.17, 15) is 4.79 Å². The Labute approximate surface area is 93.8 Å². The lowest BCUT2D eigenvalue weighted by molar-refractivity contribution is -0.138. The first-order valence-electron chi connectivity index (χ1n) is 5.71. The van der Waals surface area contributed by atoms with Crippen molar-refractivity contribution in [3.8, 4) is 0 Å². The topological polar surface area (TPSA) is 29.5 Å². The third-order valence-corrected chi connectivity index (χ3v) is 2.41. The Morgan fingerprint density at radius 1 is 1.20 bits per heavy atom. The molecule has 1 unspecified atom stereocenters. The fourth-order valence-electron chi connectivity index (χ4n) is 1.43. The lowest BCUT2D eigenvalue weighted by atomic mass is 10.0. The van der Waals surface area contributed by atoms with E-state index in [-0.39, 0.29) is 24.7 Å². The number of hydrogen-bond acceptors (Lipinski definition) is 2. The Morgan fingerprint density at radius 2 is 1.73 bits per heavy atom. The molecule has 3 nitrogen and oxygen atoms in total. The van der Waals surface area contributed by atoms with Gasteiger partial charge in [0.2, 0.25) is 5.91 Å². The van der Waals surface area contributed by atoms with E-state index < -0.39 is 0 Å². The van der Waals surface area contributed by atoms with Crippen LogP contribution in [0.5, 0.6) is 0 Å². The van der Waals surface area contributed by atoms with Crippen LogP contribution in [0.15, 0.2) is 0 Å². The largest absolute Gasteiger partial charge is 0.369 e. The second kappa shape index (κ2) is 6.83. The van der Waals surface area contributed by atoms with Gasteiger partial charge in [0, 0.05) is 13.1 Å². The highest BCUT2D eigenvalue weighted by Crippen LogP contribution is 2.09. The molecule has 0 spiro atoms. The van der Waals surface area contributed by atoms with E-state index in [0.29, 0.717) is 5.92 Å². The molecule has 0 heterocycles. The Morgan fingerprint density at radius 3 is 2.13 bits per heavy atom. The van der Waals surface area contributed by atoms with Gasteiger partial charge < -0.3 is 9.64 Å². The van der Waals surface area contributed by atoms with Gasteiger partial charge in [0.25, 0.3) is 0 Å². The quantitative estimate of drug-likeness (QED) is 0.680. The number of hydrogen-bond donors (Lipinski definition) is 0. The number of likely N-dealkylation sites (N-methyl/N-ethyl adjacent to an activating group) is 1. The van der Waals surface area contributed by atoms with E-state index in [1.165, 1.54) is 0 Å². The SMILES string of the molecule is CC(C)CC(C)N(C)C(=O)COC(C)C. The Bertz CT molecular complexity index is 190. The van der Waals surface area contributed by atoms with Gasteiger partial charge in [0.1, 0.15) is 6.61 Å². The van der Waals surface area contributed by atoms with Gasteiger partial charge in [0.05, 0.1) is 6.10 Å². The molecule has 0 aliphatic heterocycles. The predicted molar refractivity (Wildman–Crippen MR) is 62.8 cm³/mol. The summed E-state index contributed by atoms with van der Waals surface area (Å²) < 4.78 is 5.29. The zero-order valence-corrected chi connectivity index (χ0v) is 10.9. The van der Waals surface area contributed by atoms with Crippen molar-refractivity contribution in [3.05, 3.63) is 0 Å². The molecule has 15 heavy (non-hydrogen) atoms. The number of nitrogens with zero attached hydrogens (tertiary/aromatic N) is 1. The van der Waals surface area contributed by atoms with Crippen molar-refractivity contribution < 1.29 is 9.53 Å². The predicted octanol–water partition coefficient (Wildman–Crippen LogP) is 2.30. The van der Waals surface area contributed by atoms with Crippen molar-refractivity contribution in [2.75, 3.05) is 13.7 Å². The summed E-state index contributed by atoms with van der Waals surface area (Å²) in [6.07, 6.45) is 1.15. The first kappa shape index (κ1) is 14.4. The van der Waals surface area contributed by atoms with E-state index in [2.05, 4.69) is 20.8 Å². The smallest absolute Gasteiger partial charge is 0.248 e. The maximum absolute atomic E-state index is 11.7. The molecule has 0 fully saturated rings. The molecule has 90 valence electrons. The third kappa shape index (κ3) is 6.50. The van der Waals surface area contributed by atoms with Gasteiger partial charge in [-0.3, -0.25) is 4.79 Å². The minimum atomic E-state index is 0.0665. The lowest BCUT2D eigenvalue weighted by Crippen LogP contribution is -2.38. The second-order valence-electron chi connectivity index (χ2n) is 4.84. The van der Waals surface area contributed by atoms with Crippen LogP contribution in [0.2, 0.25) is 0 Å². The molecule has 0 aromatic rings. The highest BCUT2D eigenvalue weighted by atomic mass is 16.5. The van der Waals surface area contributed by atoms with Crippen LogP contribution >= 0.6 is 0 Å². The van der Waals surface area contributed by atoms with E-state index in [1.54, 1.807) is 4.90 Å². The number of ether oxygens (including phenoxy) is 1. The summed E-state index contributed by atoms with van der Waals surface area (Å²) in [7, 11) is 1.85. The summed E-state index contributed by atoms with van der Waals surface area (Å²) >= 11 is 0. The maximum Gasteiger partial charge on any atom is 0.248 e. The highest BCUT2D eigenvalue weighted by Gasteiger charge is 2.16. The molecule has 0 radical (unpaired) electrons. The highest BCUT2D eigenvalue weighted by molar-refractivity contribution is 5.77.